The number of hydrogen-bond donors (Lipinski definition) is 2. The molecule has 1 atom stereocenters. The Balaban J connectivity index is 2.22. The average Bonchev–Trinajstić information content (AvgIpc) is 2.67. The molecule has 0 aliphatic carbocycles. The summed E-state index contributed by atoms with van der Waals surface area (Å²) >= 11 is 0. The van der Waals surface area contributed by atoms with E-state index in [1.54, 1.807) is 0 Å². The first kappa shape index (κ1) is 19.8. The summed E-state index contributed by atoms with van der Waals surface area (Å²) < 4.78 is 0. The van der Waals surface area contributed by atoms with Crippen LogP contribution in [0.4, 0.5) is 0 Å². The Morgan fingerprint density at radius 2 is 1.31 bits per heavy atom. The fourth-order valence-corrected chi connectivity index (χ4v) is 2.90. The van der Waals surface area contributed by atoms with E-state index in [0.717, 1.165) is 11.1 Å². The van der Waals surface area contributed by atoms with Gasteiger partial charge < -0.3 is 15.1 Å². The molecule has 0 aliphatic heterocycles. The second-order valence-electron chi connectivity index (χ2n) is 6.14. The number of hydrogen-bond acceptors (Lipinski definition) is 4. The molecule has 0 radical (unpaired) electrons. The van der Waals surface area contributed by atoms with Crippen molar-refractivity contribution >= 4 is 11.7 Å². The van der Waals surface area contributed by atoms with E-state index < -0.39 is 5.92 Å². The normalized spacial score (nSPS) is 11.8. The molecule has 1 amide bonds. The maximum absolute atomic E-state index is 12.9. The van der Waals surface area contributed by atoms with Crippen molar-refractivity contribution in [3.8, 4) is 0 Å². The third-order valence-corrected chi connectivity index (χ3v) is 4.24. The summed E-state index contributed by atoms with van der Waals surface area (Å²) in [5.41, 5.74) is 1.76. The monoisotopic (exact) mass is 355 g/mol. The Labute approximate surface area is 153 Å². The Hall–Kier alpha value is -2.50. The van der Waals surface area contributed by atoms with Crippen LogP contribution in [0.1, 0.15) is 11.1 Å². The lowest BCUT2D eigenvalue weighted by Crippen LogP contribution is -2.43. The maximum Gasteiger partial charge on any atom is 0.233 e. The van der Waals surface area contributed by atoms with Crippen LogP contribution in [-0.4, -0.2) is 53.1 Å². The average molecular weight is 355 g/mol. The lowest BCUT2D eigenvalue weighted by Gasteiger charge is -2.26. The molecule has 5 heteroatoms. The summed E-state index contributed by atoms with van der Waals surface area (Å²) in [6.45, 7) is -0.222. The van der Waals surface area contributed by atoms with Gasteiger partial charge in [0, 0.05) is 19.5 Å². The molecular weight excluding hydrogens is 330 g/mol. The third kappa shape index (κ3) is 5.79. The highest BCUT2D eigenvalue weighted by molar-refractivity contribution is 6.02. The summed E-state index contributed by atoms with van der Waals surface area (Å²) in [6, 6.07) is 18.7. The Bertz CT molecular complexity index is 682. The Kier molecular flexibility index (Phi) is 7.99. The van der Waals surface area contributed by atoms with Gasteiger partial charge in [0.2, 0.25) is 5.91 Å². The molecule has 0 aromatic heterocycles. The van der Waals surface area contributed by atoms with Crippen LogP contribution in [0.3, 0.4) is 0 Å². The van der Waals surface area contributed by atoms with E-state index in [9.17, 15) is 19.8 Å². The standard InChI is InChI=1S/C21H25NO4/c23-13-11-22(12-14-24)21(26)19(15-17-7-3-1-4-8-17)20(25)16-18-9-5-2-6-10-18/h1-10,19,23-24H,11-16H2. The van der Waals surface area contributed by atoms with Crippen LogP contribution in [-0.2, 0) is 22.4 Å². The summed E-state index contributed by atoms with van der Waals surface area (Å²) in [4.78, 5) is 27.2. The number of aliphatic hydroxyl groups excluding tert-OH is 2. The van der Waals surface area contributed by atoms with E-state index in [-0.39, 0.29) is 44.4 Å². The van der Waals surface area contributed by atoms with E-state index in [1.165, 1.54) is 4.90 Å². The molecule has 26 heavy (non-hydrogen) atoms. The zero-order valence-corrected chi connectivity index (χ0v) is 14.8. The second kappa shape index (κ2) is 10.5. The fourth-order valence-electron chi connectivity index (χ4n) is 2.90. The molecule has 0 saturated heterocycles. The number of rotatable bonds is 10. The van der Waals surface area contributed by atoms with Crippen molar-refractivity contribution in [1.82, 2.24) is 4.90 Å². The van der Waals surface area contributed by atoms with Gasteiger partial charge in [-0.25, -0.2) is 0 Å². The number of Topliss-reactive ketones (excluding diaryl/α,β-unsaturated/α-hetero) is 1. The number of nitrogens with zero attached hydrogens (tertiary/aromatic N) is 1. The minimum absolute atomic E-state index is 0.100. The first-order chi connectivity index (χ1) is 12.7. The highest BCUT2D eigenvalue weighted by Crippen LogP contribution is 2.16. The van der Waals surface area contributed by atoms with E-state index in [1.807, 2.05) is 60.7 Å². The van der Waals surface area contributed by atoms with E-state index >= 15 is 0 Å². The van der Waals surface area contributed by atoms with Crippen LogP contribution in [0.25, 0.3) is 0 Å². The van der Waals surface area contributed by atoms with Gasteiger partial charge in [0.25, 0.3) is 0 Å². The van der Waals surface area contributed by atoms with Crippen molar-refractivity contribution in [2.24, 2.45) is 5.92 Å². The molecule has 2 aromatic carbocycles. The maximum atomic E-state index is 12.9. The molecule has 0 aliphatic rings. The molecule has 138 valence electrons. The van der Waals surface area contributed by atoms with Crippen LogP contribution in [0, 0.1) is 5.92 Å². The lowest BCUT2D eigenvalue weighted by atomic mass is 9.90. The van der Waals surface area contributed by atoms with Gasteiger partial charge in [0.05, 0.1) is 13.2 Å². The van der Waals surface area contributed by atoms with Gasteiger partial charge in [-0.1, -0.05) is 60.7 Å². The van der Waals surface area contributed by atoms with Gasteiger partial charge in [-0.05, 0) is 17.5 Å². The van der Waals surface area contributed by atoms with Gasteiger partial charge in [0.15, 0.2) is 0 Å². The van der Waals surface area contributed by atoms with E-state index in [0.29, 0.717) is 6.42 Å². The largest absolute Gasteiger partial charge is 0.395 e. The quantitative estimate of drug-likeness (QED) is 0.633. The number of ketones is 1. The summed E-state index contributed by atoms with van der Waals surface area (Å²) in [7, 11) is 0. The van der Waals surface area contributed by atoms with Gasteiger partial charge >= 0.3 is 0 Å². The van der Waals surface area contributed by atoms with Crippen LogP contribution >= 0.6 is 0 Å². The van der Waals surface area contributed by atoms with Gasteiger partial charge in [-0.2, -0.15) is 0 Å². The summed E-state index contributed by atoms with van der Waals surface area (Å²) in [5.74, 6) is -1.35. The third-order valence-electron chi connectivity index (χ3n) is 4.24. The first-order valence-electron chi connectivity index (χ1n) is 8.76. The predicted molar refractivity (Wildman–Crippen MR) is 99.5 cm³/mol. The number of amides is 1. The molecule has 2 aromatic rings. The number of aliphatic hydroxyl groups is 2. The molecule has 0 spiro atoms. The van der Waals surface area contributed by atoms with Crippen molar-refractivity contribution in [2.45, 2.75) is 12.8 Å². The lowest BCUT2D eigenvalue weighted by molar-refractivity contribution is -0.142. The van der Waals surface area contributed by atoms with Crippen LogP contribution in [0.5, 0.6) is 0 Å². The van der Waals surface area contributed by atoms with Crippen molar-refractivity contribution in [3.05, 3.63) is 71.8 Å². The molecule has 0 saturated carbocycles. The molecule has 1 unspecified atom stereocenters. The van der Waals surface area contributed by atoms with Crippen molar-refractivity contribution in [3.63, 3.8) is 0 Å². The van der Waals surface area contributed by atoms with Crippen LogP contribution in [0.15, 0.2) is 60.7 Å². The second-order valence-corrected chi connectivity index (χ2v) is 6.14. The van der Waals surface area contributed by atoms with Gasteiger partial charge in [-0.15, -0.1) is 0 Å². The van der Waals surface area contributed by atoms with Crippen molar-refractivity contribution in [1.29, 1.82) is 0 Å². The molecule has 0 heterocycles. The molecule has 5 nitrogen and oxygen atoms in total. The van der Waals surface area contributed by atoms with E-state index in [2.05, 4.69) is 0 Å². The highest BCUT2D eigenvalue weighted by atomic mass is 16.3. The molecule has 2 N–H and O–H groups in total. The predicted octanol–water partition coefficient (Wildman–Crippen LogP) is 1.47. The van der Waals surface area contributed by atoms with Crippen molar-refractivity contribution < 1.29 is 19.8 Å². The van der Waals surface area contributed by atoms with Crippen molar-refractivity contribution in [2.75, 3.05) is 26.3 Å². The Morgan fingerprint density at radius 1 is 0.808 bits per heavy atom. The minimum Gasteiger partial charge on any atom is -0.395 e. The topological polar surface area (TPSA) is 77.8 Å². The number of carbonyl (C=O) groups is 2. The molecular formula is C21H25NO4. The van der Waals surface area contributed by atoms with E-state index in [4.69, 9.17) is 0 Å². The first-order valence-corrected chi connectivity index (χ1v) is 8.76. The molecule has 0 bridgehead atoms. The van der Waals surface area contributed by atoms with Gasteiger partial charge in [0.1, 0.15) is 11.7 Å². The zero-order valence-electron chi connectivity index (χ0n) is 14.8. The minimum atomic E-state index is -0.837. The SMILES string of the molecule is O=C(Cc1ccccc1)C(Cc1ccccc1)C(=O)N(CCO)CCO. The smallest absolute Gasteiger partial charge is 0.233 e. The number of carbonyl (C=O) groups excluding carboxylic acids is 2. The number of benzene rings is 2. The zero-order chi connectivity index (χ0) is 18.8. The van der Waals surface area contributed by atoms with Crippen LogP contribution in [0.2, 0.25) is 0 Å². The van der Waals surface area contributed by atoms with Gasteiger partial charge in [-0.3, -0.25) is 9.59 Å². The fraction of sp³-hybridized carbons (Fsp3) is 0.333. The summed E-state index contributed by atoms with van der Waals surface area (Å²) in [6.07, 6.45) is 0.481. The van der Waals surface area contributed by atoms with Crippen LogP contribution < -0.4 is 0 Å². The molecule has 2 rings (SSSR count). The Morgan fingerprint density at radius 3 is 1.81 bits per heavy atom. The highest BCUT2D eigenvalue weighted by Gasteiger charge is 2.30. The summed E-state index contributed by atoms with van der Waals surface area (Å²) in [5, 5.41) is 18.4. The molecule has 0 fully saturated rings.